The summed E-state index contributed by atoms with van der Waals surface area (Å²) in [4.78, 5) is 24.5. The molecule has 0 aliphatic rings. The van der Waals surface area contributed by atoms with Crippen molar-refractivity contribution >= 4 is 28.9 Å². The van der Waals surface area contributed by atoms with Crippen molar-refractivity contribution < 1.29 is 14.3 Å². The standard InChI is InChI=1S/C22H17N3O3/c23-14-16-8-4-6-12-19(16)25-21(26)15-28-22(27)18-11-5-7-13-20(18)24-17-9-2-1-3-10-17/h1-13,24H,15H2,(H,25,26). The minimum absolute atomic E-state index is 0.316. The Morgan fingerprint density at radius 2 is 1.50 bits per heavy atom. The number of nitrogens with one attached hydrogen (secondary N) is 2. The average Bonchev–Trinajstić information content (AvgIpc) is 2.73. The maximum Gasteiger partial charge on any atom is 0.340 e. The molecule has 0 saturated heterocycles. The van der Waals surface area contributed by atoms with Gasteiger partial charge >= 0.3 is 5.97 Å². The van der Waals surface area contributed by atoms with Crippen LogP contribution >= 0.6 is 0 Å². The number of carbonyl (C=O) groups excluding carboxylic acids is 2. The number of hydrogen-bond donors (Lipinski definition) is 2. The van der Waals surface area contributed by atoms with Crippen molar-refractivity contribution in [3.63, 3.8) is 0 Å². The fourth-order valence-electron chi connectivity index (χ4n) is 2.53. The molecule has 0 unspecified atom stereocenters. The molecular weight excluding hydrogens is 354 g/mol. The van der Waals surface area contributed by atoms with Gasteiger partial charge in [-0.3, -0.25) is 4.79 Å². The van der Waals surface area contributed by atoms with Gasteiger partial charge in [0.15, 0.2) is 6.61 Å². The van der Waals surface area contributed by atoms with Gasteiger partial charge in [-0.05, 0) is 36.4 Å². The predicted molar refractivity (Wildman–Crippen MR) is 106 cm³/mol. The highest BCUT2D eigenvalue weighted by Gasteiger charge is 2.15. The molecule has 2 N–H and O–H groups in total. The average molecular weight is 371 g/mol. The Labute approximate surface area is 162 Å². The molecule has 0 fully saturated rings. The Bertz CT molecular complexity index is 1030. The summed E-state index contributed by atoms with van der Waals surface area (Å²) in [5.74, 6) is -1.15. The Morgan fingerprint density at radius 3 is 2.25 bits per heavy atom. The maximum atomic E-state index is 12.4. The number of nitriles is 1. The smallest absolute Gasteiger partial charge is 0.340 e. The normalized spacial score (nSPS) is 9.82. The van der Waals surface area contributed by atoms with Crippen LogP contribution in [0.1, 0.15) is 15.9 Å². The molecular formula is C22H17N3O3. The molecule has 0 heterocycles. The van der Waals surface area contributed by atoms with E-state index in [-0.39, 0.29) is 0 Å². The highest BCUT2D eigenvalue weighted by Crippen LogP contribution is 2.21. The number of hydrogen-bond acceptors (Lipinski definition) is 5. The molecule has 1 amide bonds. The van der Waals surface area contributed by atoms with Crippen molar-refractivity contribution in [2.45, 2.75) is 0 Å². The fraction of sp³-hybridized carbons (Fsp3) is 0.0455. The van der Waals surface area contributed by atoms with Crippen LogP contribution in [0.4, 0.5) is 17.1 Å². The number of para-hydroxylation sites is 3. The van der Waals surface area contributed by atoms with Crippen molar-refractivity contribution in [1.29, 1.82) is 5.26 Å². The van der Waals surface area contributed by atoms with Gasteiger partial charge in [0.05, 0.1) is 22.5 Å². The molecule has 0 aromatic heterocycles. The highest BCUT2D eigenvalue weighted by atomic mass is 16.5. The summed E-state index contributed by atoms with van der Waals surface area (Å²) in [6.45, 7) is -0.460. The molecule has 6 nitrogen and oxygen atoms in total. The Balaban J connectivity index is 1.64. The van der Waals surface area contributed by atoms with Gasteiger partial charge in [-0.25, -0.2) is 4.79 Å². The molecule has 0 spiro atoms. The zero-order valence-electron chi connectivity index (χ0n) is 14.9. The Kier molecular flexibility index (Phi) is 6.01. The van der Waals surface area contributed by atoms with Crippen LogP contribution in [0.3, 0.4) is 0 Å². The topological polar surface area (TPSA) is 91.2 Å². The molecule has 0 atom stereocenters. The monoisotopic (exact) mass is 371 g/mol. The number of nitrogens with zero attached hydrogens (tertiary/aromatic N) is 1. The molecule has 0 aliphatic heterocycles. The minimum Gasteiger partial charge on any atom is -0.452 e. The second kappa shape index (κ2) is 9.01. The van der Waals surface area contributed by atoms with E-state index in [2.05, 4.69) is 10.6 Å². The molecule has 0 saturated carbocycles. The third-order valence-corrected chi connectivity index (χ3v) is 3.86. The molecule has 0 aliphatic carbocycles. The van der Waals surface area contributed by atoms with Crippen molar-refractivity contribution in [2.75, 3.05) is 17.2 Å². The molecule has 6 heteroatoms. The first-order valence-corrected chi connectivity index (χ1v) is 8.54. The number of ether oxygens (including phenoxy) is 1. The zero-order chi connectivity index (χ0) is 19.8. The van der Waals surface area contributed by atoms with E-state index in [1.165, 1.54) is 0 Å². The van der Waals surface area contributed by atoms with Gasteiger partial charge < -0.3 is 15.4 Å². The quantitative estimate of drug-likeness (QED) is 0.637. The lowest BCUT2D eigenvalue weighted by Crippen LogP contribution is -2.21. The van der Waals surface area contributed by atoms with Crippen LogP contribution < -0.4 is 10.6 Å². The van der Waals surface area contributed by atoms with E-state index in [0.29, 0.717) is 22.5 Å². The summed E-state index contributed by atoms with van der Waals surface area (Å²) in [6.07, 6.45) is 0. The van der Waals surface area contributed by atoms with Gasteiger partial charge in [0.2, 0.25) is 0 Å². The molecule has 3 aromatic rings. The first kappa shape index (κ1) is 18.7. The third kappa shape index (κ3) is 4.74. The van der Waals surface area contributed by atoms with E-state index < -0.39 is 18.5 Å². The van der Waals surface area contributed by atoms with Crippen LogP contribution in [0.25, 0.3) is 0 Å². The summed E-state index contributed by atoms with van der Waals surface area (Å²) >= 11 is 0. The third-order valence-electron chi connectivity index (χ3n) is 3.86. The molecule has 3 aromatic carbocycles. The van der Waals surface area contributed by atoms with Gasteiger partial charge in [0.1, 0.15) is 6.07 Å². The number of carbonyl (C=O) groups is 2. The molecule has 3 rings (SSSR count). The summed E-state index contributed by atoms with van der Waals surface area (Å²) in [5, 5.41) is 14.8. The van der Waals surface area contributed by atoms with Crippen LogP contribution in [-0.2, 0) is 9.53 Å². The van der Waals surface area contributed by atoms with Crippen LogP contribution in [0.5, 0.6) is 0 Å². The van der Waals surface area contributed by atoms with Gasteiger partial charge in [0, 0.05) is 5.69 Å². The summed E-state index contributed by atoms with van der Waals surface area (Å²) < 4.78 is 5.14. The van der Waals surface area contributed by atoms with Crippen LogP contribution in [0.15, 0.2) is 78.9 Å². The van der Waals surface area contributed by atoms with Crippen molar-refractivity contribution in [3.8, 4) is 6.07 Å². The summed E-state index contributed by atoms with van der Waals surface area (Å²) in [7, 11) is 0. The summed E-state index contributed by atoms with van der Waals surface area (Å²) in [6, 6.07) is 24.9. The lowest BCUT2D eigenvalue weighted by molar-refractivity contribution is -0.119. The zero-order valence-corrected chi connectivity index (χ0v) is 14.9. The minimum atomic E-state index is -0.622. The molecule has 0 bridgehead atoms. The number of amides is 1. The highest BCUT2D eigenvalue weighted by molar-refractivity contribution is 5.99. The van der Waals surface area contributed by atoms with Crippen LogP contribution in [-0.4, -0.2) is 18.5 Å². The lowest BCUT2D eigenvalue weighted by atomic mass is 10.1. The van der Waals surface area contributed by atoms with Gasteiger partial charge in [0.25, 0.3) is 5.91 Å². The summed E-state index contributed by atoms with van der Waals surface area (Å²) in [5.41, 5.74) is 2.43. The van der Waals surface area contributed by atoms with Crippen LogP contribution in [0, 0.1) is 11.3 Å². The van der Waals surface area contributed by atoms with Gasteiger partial charge in [-0.15, -0.1) is 0 Å². The maximum absolute atomic E-state index is 12.4. The van der Waals surface area contributed by atoms with E-state index in [1.54, 1.807) is 48.5 Å². The van der Waals surface area contributed by atoms with Crippen molar-refractivity contribution in [3.05, 3.63) is 90.0 Å². The fourth-order valence-corrected chi connectivity index (χ4v) is 2.53. The Hall–Kier alpha value is -4.11. The second-order valence-electron chi connectivity index (χ2n) is 5.82. The van der Waals surface area contributed by atoms with Crippen LogP contribution in [0.2, 0.25) is 0 Å². The first-order chi connectivity index (χ1) is 13.7. The lowest BCUT2D eigenvalue weighted by Gasteiger charge is -2.12. The number of esters is 1. The number of benzene rings is 3. The largest absolute Gasteiger partial charge is 0.452 e. The molecule has 28 heavy (non-hydrogen) atoms. The van der Waals surface area contributed by atoms with E-state index in [4.69, 9.17) is 10.00 Å². The van der Waals surface area contributed by atoms with E-state index >= 15 is 0 Å². The van der Waals surface area contributed by atoms with E-state index in [9.17, 15) is 9.59 Å². The number of rotatable bonds is 6. The first-order valence-electron chi connectivity index (χ1n) is 8.54. The van der Waals surface area contributed by atoms with Crippen molar-refractivity contribution in [2.24, 2.45) is 0 Å². The second-order valence-corrected chi connectivity index (χ2v) is 5.82. The number of anilines is 3. The molecule has 138 valence electrons. The SMILES string of the molecule is N#Cc1ccccc1NC(=O)COC(=O)c1ccccc1Nc1ccccc1. The Morgan fingerprint density at radius 1 is 0.857 bits per heavy atom. The molecule has 0 radical (unpaired) electrons. The van der Waals surface area contributed by atoms with E-state index in [1.807, 2.05) is 36.4 Å². The van der Waals surface area contributed by atoms with Crippen molar-refractivity contribution in [1.82, 2.24) is 0 Å². The van der Waals surface area contributed by atoms with E-state index in [0.717, 1.165) is 5.69 Å². The predicted octanol–water partition coefficient (Wildman–Crippen LogP) is 4.10. The van der Waals surface area contributed by atoms with Gasteiger partial charge in [-0.1, -0.05) is 42.5 Å². The van der Waals surface area contributed by atoms with Gasteiger partial charge in [-0.2, -0.15) is 5.26 Å².